The number of nitrogens with zero attached hydrogens (tertiary/aromatic N) is 4. The molecule has 11 heteroatoms. The topological polar surface area (TPSA) is 150 Å². The lowest BCUT2D eigenvalue weighted by Gasteiger charge is -2.05. The third-order valence-electron chi connectivity index (χ3n) is 2.86. The van der Waals surface area contributed by atoms with Crippen LogP contribution in [0.15, 0.2) is 22.7 Å². The Labute approximate surface area is 160 Å². The van der Waals surface area contributed by atoms with Crippen molar-refractivity contribution in [2.45, 2.75) is 30.3 Å². The number of hydrogen-bond acceptors (Lipinski definition) is 11. The Bertz CT molecular complexity index is 733. The number of thioether (sulfide) groups is 2. The van der Waals surface area contributed by atoms with E-state index in [0.29, 0.717) is 28.3 Å². The highest BCUT2D eigenvalue weighted by atomic mass is 32.2. The lowest BCUT2D eigenvalue weighted by molar-refractivity contribution is 0.0505. The molecule has 9 nitrogen and oxygen atoms in total. The van der Waals surface area contributed by atoms with Gasteiger partial charge < -0.3 is 21.3 Å². The zero-order valence-electron chi connectivity index (χ0n) is 14.8. The molecule has 0 aliphatic rings. The molecule has 0 unspecified atom stereocenters. The number of anilines is 2. The Morgan fingerprint density at radius 2 is 1.69 bits per heavy atom. The van der Waals surface area contributed by atoms with Gasteiger partial charge in [0, 0.05) is 18.0 Å². The predicted molar refractivity (Wildman–Crippen MR) is 103 cm³/mol. The molecule has 0 radical (unpaired) electrons. The zero-order chi connectivity index (χ0) is 19.5. The predicted octanol–water partition coefficient (Wildman–Crippen LogP) is 1.62. The molecular weight excluding hydrogens is 376 g/mol. The third-order valence-corrected chi connectivity index (χ3v) is 3.99. The van der Waals surface area contributed by atoms with E-state index in [4.69, 9.17) is 21.3 Å². The maximum Gasteiger partial charge on any atom is 0.343 e. The largest absolute Gasteiger partial charge is 0.462 e. The first-order valence-electron chi connectivity index (χ1n) is 7.56. The summed E-state index contributed by atoms with van der Waals surface area (Å²) in [7, 11) is 0. The third kappa shape index (κ3) is 6.65. The number of rotatable bonds is 6. The van der Waals surface area contributed by atoms with Crippen molar-refractivity contribution in [2.24, 2.45) is 0 Å². The van der Waals surface area contributed by atoms with Gasteiger partial charge in [0.25, 0.3) is 0 Å². The molecule has 0 fully saturated rings. The van der Waals surface area contributed by atoms with Crippen molar-refractivity contribution >= 4 is 41.1 Å². The molecule has 0 aromatic carbocycles. The fourth-order valence-corrected chi connectivity index (χ4v) is 2.22. The number of nitrogens with two attached hydrogens (primary N) is 2. The first kappa shape index (κ1) is 21.9. The summed E-state index contributed by atoms with van der Waals surface area (Å²) in [6.07, 6.45) is 7.41. The van der Waals surface area contributed by atoms with Crippen LogP contribution in [0.5, 0.6) is 0 Å². The van der Waals surface area contributed by atoms with Crippen molar-refractivity contribution < 1.29 is 14.6 Å². The molecule has 0 aliphatic heterocycles. The second-order valence-corrected chi connectivity index (χ2v) is 6.26. The van der Waals surface area contributed by atoms with Crippen LogP contribution in [0, 0.1) is 0 Å². The lowest BCUT2D eigenvalue weighted by Crippen LogP contribution is -2.11. The van der Waals surface area contributed by atoms with E-state index in [-0.39, 0.29) is 18.0 Å². The van der Waals surface area contributed by atoms with Crippen LogP contribution in [0.1, 0.15) is 29.3 Å². The van der Waals surface area contributed by atoms with E-state index in [1.807, 2.05) is 19.4 Å². The Kier molecular flexibility index (Phi) is 9.70. The number of aliphatic hydroxyl groups excluding tert-OH is 1. The summed E-state index contributed by atoms with van der Waals surface area (Å²) in [6.45, 7) is 2.19. The summed E-state index contributed by atoms with van der Waals surface area (Å²) in [5.41, 5.74) is 11.9. The van der Waals surface area contributed by atoms with Crippen LogP contribution in [0.4, 0.5) is 11.6 Å². The molecule has 0 saturated heterocycles. The summed E-state index contributed by atoms with van der Waals surface area (Å²) in [4.78, 5) is 27.2. The number of carbonyl (C=O) groups is 1. The van der Waals surface area contributed by atoms with Crippen LogP contribution in [-0.2, 0) is 11.3 Å². The Morgan fingerprint density at radius 3 is 2.15 bits per heavy atom. The van der Waals surface area contributed by atoms with Gasteiger partial charge in [-0.15, -0.1) is 0 Å². The van der Waals surface area contributed by atoms with E-state index < -0.39 is 5.97 Å². The molecule has 0 saturated carbocycles. The molecule has 2 aromatic rings. The van der Waals surface area contributed by atoms with Crippen LogP contribution in [-0.4, -0.2) is 50.1 Å². The second kappa shape index (κ2) is 11.5. The number of aliphatic hydroxyl groups is 1. The second-order valence-electron chi connectivity index (χ2n) is 4.72. The number of nitrogen functional groups attached to an aromatic ring is 2. The van der Waals surface area contributed by atoms with Crippen LogP contribution < -0.4 is 11.5 Å². The van der Waals surface area contributed by atoms with Crippen LogP contribution in [0.3, 0.4) is 0 Å². The Hall–Kier alpha value is -2.11. The van der Waals surface area contributed by atoms with Gasteiger partial charge in [-0.1, -0.05) is 30.4 Å². The highest BCUT2D eigenvalue weighted by molar-refractivity contribution is 7.98. The van der Waals surface area contributed by atoms with Crippen molar-refractivity contribution in [1.29, 1.82) is 0 Å². The summed E-state index contributed by atoms with van der Waals surface area (Å²) in [6, 6.07) is 0. The molecule has 0 atom stereocenters. The van der Waals surface area contributed by atoms with Crippen molar-refractivity contribution in [1.82, 2.24) is 19.9 Å². The van der Waals surface area contributed by atoms with E-state index in [1.54, 1.807) is 0 Å². The molecule has 5 N–H and O–H groups in total. The number of ether oxygens (including phenoxy) is 1. The monoisotopic (exact) mass is 398 g/mol. The van der Waals surface area contributed by atoms with E-state index in [2.05, 4.69) is 19.9 Å². The van der Waals surface area contributed by atoms with Gasteiger partial charge in [0.05, 0.1) is 13.2 Å². The van der Waals surface area contributed by atoms with E-state index in [0.717, 1.165) is 6.42 Å². The minimum absolute atomic E-state index is 0.111. The SMILES string of the molecule is CCCOC(=O)c1cnc(SC)nc1N.CSc1ncc(CO)c(N)n1. The molecule has 0 aliphatic carbocycles. The van der Waals surface area contributed by atoms with Gasteiger partial charge in [-0.05, 0) is 18.9 Å². The summed E-state index contributed by atoms with van der Waals surface area (Å²) >= 11 is 2.79. The number of aromatic nitrogens is 4. The van der Waals surface area contributed by atoms with Crippen LogP contribution >= 0.6 is 23.5 Å². The minimum atomic E-state index is -0.470. The normalized spacial score (nSPS) is 10.0. The van der Waals surface area contributed by atoms with Gasteiger partial charge >= 0.3 is 5.97 Å². The average molecular weight is 399 g/mol. The van der Waals surface area contributed by atoms with Gasteiger partial charge in [0.15, 0.2) is 10.3 Å². The van der Waals surface area contributed by atoms with Crippen LogP contribution in [0.25, 0.3) is 0 Å². The van der Waals surface area contributed by atoms with Gasteiger partial charge in [-0.25, -0.2) is 24.7 Å². The minimum Gasteiger partial charge on any atom is -0.462 e. The average Bonchev–Trinajstić information content (AvgIpc) is 2.66. The fourth-order valence-electron chi connectivity index (χ4n) is 1.53. The van der Waals surface area contributed by atoms with Crippen molar-refractivity contribution in [2.75, 3.05) is 30.6 Å². The fraction of sp³-hybridized carbons (Fsp3) is 0.400. The van der Waals surface area contributed by atoms with E-state index in [1.165, 1.54) is 35.9 Å². The van der Waals surface area contributed by atoms with Crippen molar-refractivity contribution in [3.05, 3.63) is 23.5 Å². The molecule has 2 heterocycles. The smallest absolute Gasteiger partial charge is 0.343 e. The molecule has 2 aromatic heterocycles. The van der Waals surface area contributed by atoms with Gasteiger partial charge in [-0.2, -0.15) is 0 Å². The maximum absolute atomic E-state index is 11.4. The van der Waals surface area contributed by atoms with Crippen LogP contribution in [0.2, 0.25) is 0 Å². The highest BCUT2D eigenvalue weighted by Crippen LogP contribution is 2.14. The van der Waals surface area contributed by atoms with E-state index in [9.17, 15) is 4.79 Å². The molecule has 0 spiro atoms. The summed E-state index contributed by atoms with van der Waals surface area (Å²) < 4.78 is 4.93. The molecular formula is C15H22N6O3S2. The molecule has 142 valence electrons. The highest BCUT2D eigenvalue weighted by Gasteiger charge is 2.13. The van der Waals surface area contributed by atoms with E-state index >= 15 is 0 Å². The lowest BCUT2D eigenvalue weighted by atomic mass is 10.3. The molecule has 0 amide bonds. The molecule has 2 rings (SSSR count). The maximum atomic E-state index is 11.4. The standard InChI is InChI=1S/C9H13N3O2S.C6H9N3OS/c1-3-4-14-8(13)6-5-11-9(15-2)12-7(6)10;1-11-6-8-2-4(3-10)5(7)9-6/h5H,3-4H2,1-2H3,(H2,10,11,12);2,10H,3H2,1H3,(H2,7,8,9). The zero-order valence-corrected chi connectivity index (χ0v) is 16.4. The van der Waals surface area contributed by atoms with Crippen molar-refractivity contribution in [3.8, 4) is 0 Å². The number of carbonyl (C=O) groups excluding carboxylic acids is 1. The summed E-state index contributed by atoms with van der Waals surface area (Å²) in [5.74, 6) is 0.0457. The number of esters is 1. The Balaban J connectivity index is 0.000000273. The van der Waals surface area contributed by atoms with Gasteiger partial charge in [-0.3, -0.25) is 0 Å². The quantitative estimate of drug-likeness (QED) is 0.370. The number of hydrogen-bond donors (Lipinski definition) is 3. The molecule has 26 heavy (non-hydrogen) atoms. The first-order chi connectivity index (χ1) is 12.5. The van der Waals surface area contributed by atoms with Gasteiger partial charge in [0.2, 0.25) is 0 Å². The summed E-state index contributed by atoms with van der Waals surface area (Å²) in [5, 5.41) is 9.88. The molecule has 0 bridgehead atoms. The first-order valence-corrected chi connectivity index (χ1v) is 10.0. The van der Waals surface area contributed by atoms with Crippen molar-refractivity contribution in [3.63, 3.8) is 0 Å². The Morgan fingerprint density at radius 1 is 1.12 bits per heavy atom. The van der Waals surface area contributed by atoms with Gasteiger partial charge in [0.1, 0.15) is 17.2 Å².